The highest BCUT2D eigenvalue weighted by Gasteiger charge is 2.09. The number of nitrogens with two attached hydrogens (primary N) is 1. The van der Waals surface area contributed by atoms with E-state index in [1.54, 1.807) is 0 Å². The number of nitrogens with zero attached hydrogens (tertiary/aromatic N) is 1. The van der Waals surface area contributed by atoms with Crippen LogP contribution in [-0.2, 0) is 0 Å². The van der Waals surface area contributed by atoms with Crippen LogP contribution >= 0.6 is 0 Å². The molecule has 2 nitrogen and oxygen atoms in total. The highest BCUT2D eigenvalue weighted by molar-refractivity contribution is 5.27. The first kappa shape index (κ1) is 16.8. The Hall–Kier alpha value is -0.600. The van der Waals surface area contributed by atoms with Crippen molar-refractivity contribution in [2.45, 2.75) is 34.1 Å². The molecule has 0 saturated carbocycles. The van der Waals surface area contributed by atoms with E-state index in [0.717, 1.165) is 6.54 Å². The second-order valence-electron chi connectivity index (χ2n) is 3.29. The number of rotatable bonds is 1. The lowest BCUT2D eigenvalue weighted by Gasteiger charge is -2.24. The van der Waals surface area contributed by atoms with Gasteiger partial charge in [-0.3, -0.25) is 0 Å². The molecule has 0 unspecified atom stereocenters. The van der Waals surface area contributed by atoms with Gasteiger partial charge in [0.1, 0.15) is 0 Å². The van der Waals surface area contributed by atoms with Crippen LogP contribution in [0, 0.1) is 0 Å². The summed E-state index contributed by atoms with van der Waals surface area (Å²) in [6.07, 6.45) is 5.58. The molecule has 0 radical (unpaired) electrons. The molecule has 1 aliphatic rings. The Balaban J connectivity index is 0. The molecule has 1 rings (SSSR count). The molecule has 1 aliphatic heterocycles. The van der Waals surface area contributed by atoms with Crippen LogP contribution in [0.3, 0.4) is 0 Å². The summed E-state index contributed by atoms with van der Waals surface area (Å²) in [6.45, 7) is 10.7. The van der Waals surface area contributed by atoms with Crippen molar-refractivity contribution < 1.29 is 0 Å². The predicted molar refractivity (Wildman–Crippen MR) is 71.1 cm³/mol. The zero-order valence-corrected chi connectivity index (χ0v) is 11.3. The van der Waals surface area contributed by atoms with E-state index >= 15 is 0 Å². The smallest absolute Gasteiger partial charge is 0.0193 e. The lowest BCUT2D eigenvalue weighted by atomic mass is 10.0. The van der Waals surface area contributed by atoms with Crippen LogP contribution in [0.15, 0.2) is 23.3 Å². The van der Waals surface area contributed by atoms with E-state index in [2.05, 4.69) is 43.7 Å². The van der Waals surface area contributed by atoms with E-state index in [4.69, 9.17) is 0 Å². The Bertz CT molecular complexity index is 193. The van der Waals surface area contributed by atoms with Crippen molar-refractivity contribution in [3.8, 4) is 0 Å². The van der Waals surface area contributed by atoms with Gasteiger partial charge < -0.3 is 10.6 Å². The van der Waals surface area contributed by atoms with Crippen molar-refractivity contribution in [3.05, 3.63) is 23.3 Å². The van der Waals surface area contributed by atoms with Gasteiger partial charge in [-0.1, -0.05) is 31.6 Å². The second kappa shape index (κ2) is 11.5. The third kappa shape index (κ3) is 7.34. The summed E-state index contributed by atoms with van der Waals surface area (Å²) in [5.41, 5.74) is 7.56. The second-order valence-corrected chi connectivity index (χ2v) is 3.29. The average molecular weight is 212 g/mol. The quantitative estimate of drug-likeness (QED) is 0.724. The molecule has 0 spiro atoms. The Labute approximate surface area is 95.8 Å². The van der Waals surface area contributed by atoms with Crippen molar-refractivity contribution in [1.29, 1.82) is 0 Å². The number of allylic oxidation sites excluding steroid dienone is 2. The van der Waals surface area contributed by atoms with Crippen molar-refractivity contribution in [2.75, 3.05) is 27.2 Å². The molecule has 0 aliphatic carbocycles. The molecule has 0 aromatic carbocycles. The first-order chi connectivity index (χ1) is 7.24. The highest BCUT2D eigenvalue weighted by atomic mass is 15.1. The van der Waals surface area contributed by atoms with Crippen molar-refractivity contribution in [3.63, 3.8) is 0 Å². The fraction of sp³-hybridized carbons (Fsp3) is 0.692. The van der Waals surface area contributed by atoms with Gasteiger partial charge >= 0.3 is 0 Å². The minimum atomic E-state index is 1.14. The Kier molecular flexibility index (Phi) is 12.9. The molecule has 0 atom stereocenters. The van der Waals surface area contributed by atoms with E-state index in [1.165, 1.54) is 31.2 Å². The SMILES string of the molecule is C/C=C\C1=C(C)CN(C)CC1.CC.CN. The van der Waals surface area contributed by atoms with E-state index in [0.29, 0.717) is 0 Å². The summed E-state index contributed by atoms with van der Waals surface area (Å²) in [5.74, 6) is 0. The van der Waals surface area contributed by atoms with Crippen molar-refractivity contribution >= 4 is 0 Å². The van der Waals surface area contributed by atoms with Crippen molar-refractivity contribution in [1.82, 2.24) is 4.90 Å². The molecule has 1 heterocycles. The number of hydrogen-bond acceptors (Lipinski definition) is 2. The summed E-state index contributed by atoms with van der Waals surface area (Å²) in [4.78, 5) is 2.36. The number of likely N-dealkylation sites (N-methyl/N-ethyl adjacent to an activating group) is 1. The average Bonchev–Trinajstić information content (AvgIpc) is 2.28. The molecule has 0 amide bonds. The predicted octanol–water partition coefficient (Wildman–Crippen LogP) is 2.82. The van der Waals surface area contributed by atoms with Crippen LogP contribution in [0.25, 0.3) is 0 Å². The lowest BCUT2D eigenvalue weighted by Crippen LogP contribution is -2.26. The first-order valence-electron chi connectivity index (χ1n) is 5.81. The van der Waals surface area contributed by atoms with Gasteiger partial charge in [0.25, 0.3) is 0 Å². The number of hydrogen-bond donors (Lipinski definition) is 1. The third-order valence-corrected chi connectivity index (χ3v) is 2.19. The summed E-state index contributed by atoms with van der Waals surface area (Å²) < 4.78 is 0. The van der Waals surface area contributed by atoms with E-state index < -0.39 is 0 Å². The van der Waals surface area contributed by atoms with Gasteiger partial charge in [-0.15, -0.1) is 0 Å². The monoisotopic (exact) mass is 212 g/mol. The summed E-state index contributed by atoms with van der Waals surface area (Å²) in [7, 11) is 3.68. The molecule has 0 bridgehead atoms. The fourth-order valence-electron chi connectivity index (χ4n) is 1.54. The maximum Gasteiger partial charge on any atom is 0.0193 e. The van der Waals surface area contributed by atoms with E-state index in [1.807, 2.05) is 13.8 Å². The minimum absolute atomic E-state index is 1.14. The van der Waals surface area contributed by atoms with E-state index in [9.17, 15) is 0 Å². The first-order valence-corrected chi connectivity index (χ1v) is 5.81. The largest absolute Gasteiger partial charge is 0.333 e. The van der Waals surface area contributed by atoms with Gasteiger partial charge in [-0.25, -0.2) is 0 Å². The maximum absolute atomic E-state index is 4.50. The Morgan fingerprint density at radius 2 is 1.80 bits per heavy atom. The third-order valence-electron chi connectivity index (χ3n) is 2.19. The van der Waals surface area contributed by atoms with Crippen LogP contribution < -0.4 is 5.73 Å². The van der Waals surface area contributed by atoms with Gasteiger partial charge in [0.05, 0.1) is 0 Å². The molecular weight excluding hydrogens is 184 g/mol. The highest BCUT2D eigenvalue weighted by Crippen LogP contribution is 2.16. The Morgan fingerprint density at radius 1 is 1.27 bits per heavy atom. The van der Waals surface area contributed by atoms with Gasteiger partial charge in [0.2, 0.25) is 0 Å². The lowest BCUT2D eigenvalue weighted by molar-refractivity contribution is 0.350. The van der Waals surface area contributed by atoms with Crippen LogP contribution in [0.1, 0.15) is 34.1 Å². The zero-order chi connectivity index (χ0) is 12.3. The fourth-order valence-corrected chi connectivity index (χ4v) is 1.54. The molecule has 0 aromatic rings. The standard InChI is InChI=1S/C10H17N.C2H6.CH5N/c1-4-5-10-6-7-11(3)8-9(10)2;2*1-2/h4-5H,6-8H2,1-3H3;1-2H3;2H2,1H3/b5-4-;;. The van der Waals surface area contributed by atoms with Gasteiger partial charge in [0.15, 0.2) is 0 Å². The van der Waals surface area contributed by atoms with Gasteiger partial charge in [-0.2, -0.15) is 0 Å². The molecule has 15 heavy (non-hydrogen) atoms. The molecule has 0 saturated heterocycles. The topological polar surface area (TPSA) is 29.3 Å². The summed E-state index contributed by atoms with van der Waals surface area (Å²) >= 11 is 0. The van der Waals surface area contributed by atoms with Gasteiger partial charge in [0, 0.05) is 13.1 Å². The van der Waals surface area contributed by atoms with Crippen LogP contribution in [0.2, 0.25) is 0 Å². The zero-order valence-electron chi connectivity index (χ0n) is 11.3. The van der Waals surface area contributed by atoms with E-state index in [-0.39, 0.29) is 0 Å². The molecule has 90 valence electrons. The van der Waals surface area contributed by atoms with Crippen molar-refractivity contribution in [2.24, 2.45) is 5.73 Å². The summed E-state index contributed by atoms with van der Waals surface area (Å²) in [6, 6.07) is 0. The molecule has 2 N–H and O–H groups in total. The normalized spacial score (nSPS) is 16.7. The van der Waals surface area contributed by atoms with Crippen LogP contribution in [0.4, 0.5) is 0 Å². The molecule has 0 aromatic heterocycles. The summed E-state index contributed by atoms with van der Waals surface area (Å²) in [5, 5.41) is 0. The maximum atomic E-state index is 4.50. The van der Waals surface area contributed by atoms with Crippen LogP contribution in [0.5, 0.6) is 0 Å². The van der Waals surface area contributed by atoms with Gasteiger partial charge in [-0.05, 0) is 39.9 Å². The molecule has 2 heteroatoms. The van der Waals surface area contributed by atoms with Crippen LogP contribution in [-0.4, -0.2) is 32.1 Å². The Morgan fingerprint density at radius 3 is 2.20 bits per heavy atom. The minimum Gasteiger partial charge on any atom is -0.333 e. The molecular formula is C13H28N2. The molecule has 0 fully saturated rings.